The molecule has 1 atom stereocenters. The Morgan fingerprint density at radius 3 is 2.93 bits per heavy atom. The minimum atomic E-state index is 0.549. The second-order valence-electron chi connectivity index (χ2n) is 3.62. The Morgan fingerprint density at radius 1 is 1.57 bits per heavy atom. The van der Waals surface area contributed by atoms with Gasteiger partial charge in [-0.2, -0.15) is 0 Å². The molecule has 0 spiro atoms. The van der Waals surface area contributed by atoms with E-state index in [-0.39, 0.29) is 0 Å². The topological polar surface area (TPSA) is 42.1 Å². The zero-order valence-electron chi connectivity index (χ0n) is 7.99. The van der Waals surface area contributed by atoms with Crippen molar-refractivity contribution in [2.45, 2.75) is 19.0 Å². The zero-order chi connectivity index (χ0) is 9.97. The van der Waals surface area contributed by atoms with Gasteiger partial charge in [-0.05, 0) is 18.6 Å². The number of likely N-dealkylation sites (tertiary alicyclic amines) is 1. The van der Waals surface area contributed by atoms with E-state index in [2.05, 4.69) is 9.88 Å². The van der Waals surface area contributed by atoms with Crippen molar-refractivity contribution in [3.63, 3.8) is 0 Å². The Kier molecular flexibility index (Phi) is 3.01. The first-order valence-electron chi connectivity index (χ1n) is 4.84. The summed E-state index contributed by atoms with van der Waals surface area (Å²) in [5, 5.41) is 0.688. The summed E-state index contributed by atoms with van der Waals surface area (Å²) in [4.78, 5) is 6.60. The third-order valence-corrected chi connectivity index (χ3v) is 2.92. The highest BCUT2D eigenvalue weighted by Gasteiger charge is 2.26. The molecule has 0 radical (unpaired) electrons. The van der Waals surface area contributed by atoms with Gasteiger partial charge in [0.15, 0.2) is 0 Å². The van der Waals surface area contributed by atoms with Gasteiger partial charge in [-0.1, -0.05) is 11.6 Å². The van der Waals surface area contributed by atoms with E-state index in [0.717, 1.165) is 25.3 Å². The monoisotopic (exact) mass is 211 g/mol. The molecular formula is C10H14ClN3. The highest BCUT2D eigenvalue weighted by molar-refractivity contribution is 6.30. The average molecular weight is 212 g/mol. The van der Waals surface area contributed by atoms with Crippen LogP contribution in [0, 0.1) is 0 Å². The van der Waals surface area contributed by atoms with Gasteiger partial charge < -0.3 is 5.73 Å². The lowest BCUT2D eigenvalue weighted by Crippen LogP contribution is -2.50. The standard InChI is InChI=1S/C10H14ClN3/c11-8-1-2-9(13-6-8)7-14-4-3-10(14)5-12/h1-2,6,10H,3-5,7,12H2. The van der Waals surface area contributed by atoms with E-state index in [4.69, 9.17) is 17.3 Å². The lowest BCUT2D eigenvalue weighted by molar-refractivity contribution is 0.0867. The van der Waals surface area contributed by atoms with Crippen LogP contribution < -0.4 is 5.73 Å². The smallest absolute Gasteiger partial charge is 0.0589 e. The molecule has 2 N–H and O–H groups in total. The molecule has 1 unspecified atom stereocenters. The van der Waals surface area contributed by atoms with Gasteiger partial charge in [0.05, 0.1) is 10.7 Å². The van der Waals surface area contributed by atoms with Gasteiger partial charge in [0.25, 0.3) is 0 Å². The molecule has 0 saturated carbocycles. The van der Waals surface area contributed by atoms with E-state index in [9.17, 15) is 0 Å². The van der Waals surface area contributed by atoms with Crippen molar-refractivity contribution in [1.29, 1.82) is 0 Å². The molecule has 0 aliphatic carbocycles. The Balaban J connectivity index is 1.94. The molecule has 1 aliphatic heterocycles. The molecule has 2 heterocycles. The first kappa shape index (κ1) is 9.90. The molecule has 76 valence electrons. The largest absolute Gasteiger partial charge is 0.329 e. The van der Waals surface area contributed by atoms with Gasteiger partial charge in [0, 0.05) is 31.9 Å². The Morgan fingerprint density at radius 2 is 2.43 bits per heavy atom. The third-order valence-electron chi connectivity index (χ3n) is 2.69. The number of hydrogen-bond acceptors (Lipinski definition) is 3. The van der Waals surface area contributed by atoms with Crippen LogP contribution in [-0.2, 0) is 6.54 Å². The molecular weight excluding hydrogens is 198 g/mol. The van der Waals surface area contributed by atoms with Crippen molar-refractivity contribution in [2.75, 3.05) is 13.1 Å². The first-order valence-corrected chi connectivity index (χ1v) is 5.22. The van der Waals surface area contributed by atoms with E-state index >= 15 is 0 Å². The molecule has 1 saturated heterocycles. The van der Waals surface area contributed by atoms with Crippen molar-refractivity contribution in [3.8, 4) is 0 Å². The molecule has 0 bridgehead atoms. The molecule has 1 aromatic heterocycles. The molecule has 0 amide bonds. The Bertz CT molecular complexity index is 297. The normalized spacial score (nSPS) is 22.0. The summed E-state index contributed by atoms with van der Waals surface area (Å²) in [5.74, 6) is 0. The summed E-state index contributed by atoms with van der Waals surface area (Å²) >= 11 is 5.76. The minimum Gasteiger partial charge on any atom is -0.329 e. The van der Waals surface area contributed by atoms with Gasteiger partial charge in [0.1, 0.15) is 0 Å². The number of halogens is 1. The summed E-state index contributed by atoms with van der Waals surface area (Å²) in [5.41, 5.74) is 6.68. The van der Waals surface area contributed by atoms with Crippen LogP contribution in [-0.4, -0.2) is 29.0 Å². The molecule has 2 rings (SSSR count). The first-order chi connectivity index (χ1) is 6.79. The van der Waals surface area contributed by atoms with E-state index in [1.165, 1.54) is 6.42 Å². The number of aromatic nitrogens is 1. The average Bonchev–Trinajstić information content (AvgIpc) is 2.16. The number of pyridine rings is 1. The van der Waals surface area contributed by atoms with Crippen molar-refractivity contribution >= 4 is 11.6 Å². The highest BCUT2D eigenvalue weighted by Crippen LogP contribution is 2.19. The maximum Gasteiger partial charge on any atom is 0.0589 e. The summed E-state index contributed by atoms with van der Waals surface area (Å²) in [6.45, 7) is 2.76. The molecule has 1 aliphatic rings. The molecule has 0 aromatic carbocycles. The second kappa shape index (κ2) is 4.26. The van der Waals surface area contributed by atoms with Gasteiger partial charge in [-0.3, -0.25) is 9.88 Å². The fourth-order valence-corrected chi connectivity index (χ4v) is 1.79. The van der Waals surface area contributed by atoms with Crippen LogP contribution in [0.5, 0.6) is 0 Å². The maximum atomic E-state index is 5.76. The number of rotatable bonds is 3. The SMILES string of the molecule is NCC1CCN1Cc1ccc(Cl)cn1. The van der Waals surface area contributed by atoms with E-state index in [1.807, 2.05) is 12.1 Å². The zero-order valence-corrected chi connectivity index (χ0v) is 8.74. The quantitative estimate of drug-likeness (QED) is 0.819. The van der Waals surface area contributed by atoms with Crippen LogP contribution in [0.15, 0.2) is 18.3 Å². The van der Waals surface area contributed by atoms with Gasteiger partial charge in [-0.25, -0.2) is 0 Å². The van der Waals surface area contributed by atoms with Crippen LogP contribution in [0.2, 0.25) is 5.02 Å². The lowest BCUT2D eigenvalue weighted by Gasteiger charge is -2.40. The predicted octanol–water partition coefficient (Wildman–Crippen LogP) is 1.27. The number of nitrogens with two attached hydrogens (primary N) is 1. The van der Waals surface area contributed by atoms with Crippen LogP contribution in [0.25, 0.3) is 0 Å². The summed E-state index contributed by atoms with van der Waals surface area (Å²) in [6.07, 6.45) is 2.90. The fraction of sp³-hybridized carbons (Fsp3) is 0.500. The van der Waals surface area contributed by atoms with Crippen LogP contribution >= 0.6 is 11.6 Å². The molecule has 1 fully saturated rings. The van der Waals surface area contributed by atoms with Crippen LogP contribution in [0.1, 0.15) is 12.1 Å². The van der Waals surface area contributed by atoms with Crippen LogP contribution in [0.4, 0.5) is 0 Å². The second-order valence-corrected chi connectivity index (χ2v) is 4.05. The Hall–Kier alpha value is -0.640. The number of nitrogens with zero attached hydrogens (tertiary/aromatic N) is 2. The van der Waals surface area contributed by atoms with E-state index in [1.54, 1.807) is 6.20 Å². The summed E-state index contributed by atoms with van der Waals surface area (Å²) < 4.78 is 0. The van der Waals surface area contributed by atoms with Crippen molar-refractivity contribution in [1.82, 2.24) is 9.88 Å². The van der Waals surface area contributed by atoms with Crippen molar-refractivity contribution in [3.05, 3.63) is 29.0 Å². The van der Waals surface area contributed by atoms with E-state index < -0.39 is 0 Å². The highest BCUT2D eigenvalue weighted by atomic mass is 35.5. The Labute approximate surface area is 88.9 Å². The van der Waals surface area contributed by atoms with Gasteiger partial charge in [-0.15, -0.1) is 0 Å². The minimum absolute atomic E-state index is 0.549. The molecule has 4 heteroatoms. The molecule has 1 aromatic rings. The molecule has 14 heavy (non-hydrogen) atoms. The van der Waals surface area contributed by atoms with Gasteiger partial charge >= 0.3 is 0 Å². The van der Waals surface area contributed by atoms with E-state index in [0.29, 0.717) is 11.1 Å². The fourth-order valence-electron chi connectivity index (χ4n) is 1.68. The van der Waals surface area contributed by atoms with Crippen molar-refractivity contribution < 1.29 is 0 Å². The molecule has 3 nitrogen and oxygen atoms in total. The van der Waals surface area contributed by atoms with Crippen molar-refractivity contribution in [2.24, 2.45) is 5.73 Å². The summed E-state index contributed by atoms with van der Waals surface area (Å²) in [6, 6.07) is 4.39. The third kappa shape index (κ3) is 2.05. The number of hydrogen-bond donors (Lipinski definition) is 1. The van der Waals surface area contributed by atoms with Crippen LogP contribution in [0.3, 0.4) is 0 Å². The predicted molar refractivity (Wildman–Crippen MR) is 57.1 cm³/mol. The van der Waals surface area contributed by atoms with Gasteiger partial charge in [0.2, 0.25) is 0 Å². The maximum absolute atomic E-state index is 5.76. The summed E-state index contributed by atoms with van der Waals surface area (Å²) in [7, 11) is 0. The lowest BCUT2D eigenvalue weighted by atomic mass is 10.0.